The molecule has 20 heavy (non-hydrogen) atoms. The highest BCUT2D eigenvalue weighted by Crippen LogP contribution is 2.18. The Hall–Kier alpha value is -2.08. The maximum absolute atomic E-state index is 9.24. The van der Waals surface area contributed by atoms with Gasteiger partial charge in [-0.25, -0.2) is 0 Å². The van der Waals surface area contributed by atoms with E-state index in [2.05, 4.69) is 10.4 Å². The second-order valence-electron chi connectivity index (χ2n) is 4.64. The smallest absolute Gasteiger partial charge is 0.134 e. The van der Waals surface area contributed by atoms with Crippen molar-refractivity contribution in [1.82, 2.24) is 9.78 Å². The lowest BCUT2D eigenvalue weighted by atomic mass is 10.1. The van der Waals surface area contributed by atoms with E-state index in [9.17, 15) is 5.11 Å². The topological polar surface area (TPSA) is 76.1 Å². The maximum atomic E-state index is 9.24. The number of nitrogens with zero attached hydrogens (tertiary/aromatic N) is 2. The summed E-state index contributed by atoms with van der Waals surface area (Å²) in [6, 6.07) is 7.17. The second kappa shape index (κ2) is 5.92. The summed E-state index contributed by atoms with van der Waals surface area (Å²) in [5.74, 6) is 1.12. The SMILES string of the molecule is Cc1nn(C)c(NCCc2ccc(O)cc2)c1C(N)=S. The fourth-order valence-electron chi connectivity index (χ4n) is 2.14. The fraction of sp³-hybridized carbons (Fsp3) is 0.286. The van der Waals surface area contributed by atoms with Gasteiger partial charge in [-0.15, -0.1) is 0 Å². The van der Waals surface area contributed by atoms with Crippen LogP contribution in [0, 0.1) is 6.92 Å². The number of hydrogen-bond acceptors (Lipinski definition) is 4. The van der Waals surface area contributed by atoms with Gasteiger partial charge in [-0.1, -0.05) is 24.4 Å². The lowest BCUT2D eigenvalue weighted by Gasteiger charge is -2.09. The summed E-state index contributed by atoms with van der Waals surface area (Å²) in [6.45, 7) is 2.62. The average Bonchev–Trinajstić information content (AvgIpc) is 2.66. The number of thiocarbonyl (C=S) groups is 1. The Labute approximate surface area is 123 Å². The van der Waals surface area contributed by atoms with Crippen LogP contribution in [0.1, 0.15) is 16.8 Å². The summed E-state index contributed by atoms with van der Waals surface area (Å²) >= 11 is 5.07. The van der Waals surface area contributed by atoms with Crippen molar-refractivity contribution in [1.29, 1.82) is 0 Å². The van der Waals surface area contributed by atoms with Gasteiger partial charge < -0.3 is 16.2 Å². The highest BCUT2D eigenvalue weighted by atomic mass is 32.1. The van der Waals surface area contributed by atoms with Crippen LogP contribution >= 0.6 is 12.2 Å². The lowest BCUT2D eigenvalue weighted by Crippen LogP contribution is -2.15. The average molecular weight is 290 g/mol. The van der Waals surface area contributed by atoms with Crippen LogP contribution in [-0.2, 0) is 13.5 Å². The molecule has 1 aromatic carbocycles. The quantitative estimate of drug-likeness (QED) is 0.731. The number of nitrogens with two attached hydrogens (primary N) is 1. The molecule has 6 heteroatoms. The number of phenolic OH excluding ortho intramolecular Hbond substituents is 1. The Morgan fingerprint density at radius 2 is 2.05 bits per heavy atom. The lowest BCUT2D eigenvalue weighted by molar-refractivity contribution is 0.475. The van der Waals surface area contributed by atoms with Gasteiger partial charge in [0, 0.05) is 13.6 Å². The van der Waals surface area contributed by atoms with E-state index >= 15 is 0 Å². The van der Waals surface area contributed by atoms with Gasteiger partial charge in [0.25, 0.3) is 0 Å². The van der Waals surface area contributed by atoms with Crippen LogP contribution in [0.2, 0.25) is 0 Å². The molecule has 2 aromatic rings. The third-order valence-electron chi connectivity index (χ3n) is 3.11. The van der Waals surface area contributed by atoms with E-state index in [4.69, 9.17) is 18.0 Å². The van der Waals surface area contributed by atoms with Crippen LogP contribution < -0.4 is 11.1 Å². The van der Waals surface area contributed by atoms with Crippen molar-refractivity contribution in [2.45, 2.75) is 13.3 Å². The highest BCUT2D eigenvalue weighted by Gasteiger charge is 2.14. The first-order valence-electron chi connectivity index (χ1n) is 6.34. The van der Waals surface area contributed by atoms with Crippen molar-refractivity contribution in [2.75, 3.05) is 11.9 Å². The van der Waals surface area contributed by atoms with Gasteiger partial charge >= 0.3 is 0 Å². The third-order valence-corrected chi connectivity index (χ3v) is 3.32. The van der Waals surface area contributed by atoms with E-state index in [1.165, 1.54) is 0 Å². The minimum atomic E-state index is 0.278. The first kappa shape index (κ1) is 14.3. The summed E-state index contributed by atoms with van der Waals surface area (Å²) in [5.41, 5.74) is 8.51. The fourth-order valence-corrected chi connectivity index (χ4v) is 2.39. The molecule has 1 heterocycles. The Bertz CT molecular complexity index is 619. The van der Waals surface area contributed by atoms with Gasteiger partial charge in [-0.2, -0.15) is 5.10 Å². The van der Waals surface area contributed by atoms with E-state index < -0.39 is 0 Å². The number of aromatic nitrogens is 2. The van der Waals surface area contributed by atoms with E-state index in [0.29, 0.717) is 4.99 Å². The van der Waals surface area contributed by atoms with Crippen LogP contribution in [0.4, 0.5) is 5.82 Å². The molecule has 106 valence electrons. The first-order chi connectivity index (χ1) is 9.49. The number of rotatable bonds is 5. The van der Waals surface area contributed by atoms with Crippen molar-refractivity contribution in [3.05, 3.63) is 41.1 Å². The highest BCUT2D eigenvalue weighted by molar-refractivity contribution is 7.80. The largest absolute Gasteiger partial charge is 0.508 e. The Balaban J connectivity index is 2.04. The zero-order valence-electron chi connectivity index (χ0n) is 11.6. The van der Waals surface area contributed by atoms with E-state index in [-0.39, 0.29) is 5.75 Å². The number of phenols is 1. The van der Waals surface area contributed by atoms with Crippen LogP contribution in [0.5, 0.6) is 5.75 Å². The Kier molecular flexibility index (Phi) is 4.24. The predicted octanol–water partition coefficient (Wildman–Crippen LogP) is 1.72. The number of nitrogens with one attached hydrogen (secondary N) is 1. The van der Waals surface area contributed by atoms with Gasteiger partial charge in [-0.3, -0.25) is 4.68 Å². The van der Waals surface area contributed by atoms with Crippen molar-refractivity contribution in [3.63, 3.8) is 0 Å². The van der Waals surface area contributed by atoms with Crippen LogP contribution in [-0.4, -0.2) is 26.4 Å². The number of benzene rings is 1. The number of hydrogen-bond donors (Lipinski definition) is 3. The summed E-state index contributed by atoms with van der Waals surface area (Å²) in [7, 11) is 1.86. The van der Waals surface area contributed by atoms with Gasteiger partial charge in [0.2, 0.25) is 0 Å². The minimum Gasteiger partial charge on any atom is -0.508 e. The summed E-state index contributed by atoms with van der Waals surface area (Å²) in [6.07, 6.45) is 0.835. The van der Waals surface area contributed by atoms with Gasteiger partial charge in [0.05, 0.1) is 11.3 Å². The number of anilines is 1. The minimum absolute atomic E-state index is 0.278. The Morgan fingerprint density at radius 3 is 2.65 bits per heavy atom. The molecule has 0 unspecified atom stereocenters. The molecule has 4 N–H and O–H groups in total. The second-order valence-corrected chi connectivity index (χ2v) is 5.08. The summed E-state index contributed by atoms with van der Waals surface area (Å²) in [5, 5.41) is 16.9. The van der Waals surface area contributed by atoms with Gasteiger partial charge in [0.15, 0.2) is 0 Å². The number of aromatic hydroxyl groups is 1. The Morgan fingerprint density at radius 1 is 1.40 bits per heavy atom. The molecule has 2 rings (SSSR count). The molecule has 1 aromatic heterocycles. The van der Waals surface area contributed by atoms with Gasteiger partial charge in [-0.05, 0) is 31.0 Å². The molecule has 0 fully saturated rings. The molecular formula is C14H18N4OS. The molecule has 0 amide bonds. The molecule has 0 atom stereocenters. The van der Waals surface area contributed by atoms with Crippen LogP contribution in [0.25, 0.3) is 0 Å². The van der Waals surface area contributed by atoms with Crippen molar-refractivity contribution in [2.24, 2.45) is 12.8 Å². The van der Waals surface area contributed by atoms with Gasteiger partial charge in [0.1, 0.15) is 16.6 Å². The molecule has 0 saturated carbocycles. The summed E-state index contributed by atoms with van der Waals surface area (Å²) < 4.78 is 1.75. The van der Waals surface area contributed by atoms with Crippen LogP contribution in [0.15, 0.2) is 24.3 Å². The third kappa shape index (κ3) is 3.08. The molecule has 0 radical (unpaired) electrons. The monoisotopic (exact) mass is 290 g/mol. The predicted molar refractivity (Wildman–Crippen MR) is 84.1 cm³/mol. The van der Waals surface area contributed by atoms with E-state index in [1.54, 1.807) is 16.8 Å². The molecule has 0 bridgehead atoms. The molecule has 0 aliphatic heterocycles. The zero-order chi connectivity index (χ0) is 14.7. The van der Waals surface area contributed by atoms with Crippen molar-refractivity contribution in [3.8, 4) is 5.75 Å². The van der Waals surface area contributed by atoms with E-state index in [1.807, 2.05) is 26.1 Å². The number of aryl methyl sites for hydroxylation is 2. The first-order valence-corrected chi connectivity index (χ1v) is 6.75. The molecule has 0 spiro atoms. The maximum Gasteiger partial charge on any atom is 0.134 e. The normalized spacial score (nSPS) is 10.5. The van der Waals surface area contributed by atoms with E-state index in [0.717, 1.165) is 35.6 Å². The van der Waals surface area contributed by atoms with Crippen molar-refractivity contribution < 1.29 is 5.11 Å². The van der Waals surface area contributed by atoms with Crippen LogP contribution in [0.3, 0.4) is 0 Å². The molecule has 0 aliphatic rings. The molecule has 0 saturated heterocycles. The summed E-state index contributed by atoms with van der Waals surface area (Å²) in [4.78, 5) is 0.350. The standard InChI is InChI=1S/C14H18N4OS/c1-9-12(13(15)20)14(18(2)17-9)16-8-7-10-3-5-11(19)6-4-10/h3-6,16,19H,7-8H2,1-2H3,(H2,15,20). The molecular weight excluding hydrogens is 272 g/mol. The molecule has 5 nitrogen and oxygen atoms in total. The van der Waals surface area contributed by atoms with Crippen molar-refractivity contribution >= 4 is 23.0 Å². The zero-order valence-corrected chi connectivity index (χ0v) is 12.4. The molecule has 0 aliphatic carbocycles.